The quantitative estimate of drug-likeness (QED) is 0.152. The highest BCUT2D eigenvalue weighted by Crippen LogP contribution is 2.29. The third-order valence-corrected chi connectivity index (χ3v) is 9.08. The molecule has 0 unspecified atom stereocenters. The van der Waals surface area contributed by atoms with Crippen LogP contribution in [0.4, 0.5) is 0 Å². The Labute approximate surface area is 310 Å². The summed E-state index contributed by atoms with van der Waals surface area (Å²) in [5.41, 5.74) is 0.454. The lowest BCUT2D eigenvalue weighted by molar-refractivity contribution is -0.135. The Morgan fingerprint density at radius 1 is 0.769 bits per heavy atom. The Balaban J connectivity index is 1.55. The number of morpholine rings is 1. The van der Waals surface area contributed by atoms with Gasteiger partial charge in [0.2, 0.25) is 23.6 Å². The fraction of sp³-hybridized carbons (Fsp3) is 0.575. The maximum absolute atomic E-state index is 14.1. The molecule has 2 fully saturated rings. The van der Waals surface area contributed by atoms with Crippen molar-refractivity contribution in [3.05, 3.63) is 71.8 Å². The Hall–Kier alpha value is -4.13. The highest BCUT2D eigenvalue weighted by Gasteiger charge is 2.50. The lowest BCUT2D eigenvalue weighted by Gasteiger charge is -2.29. The van der Waals surface area contributed by atoms with E-state index in [1.54, 1.807) is 45.0 Å². The molecule has 284 valence electrons. The summed E-state index contributed by atoms with van der Waals surface area (Å²) in [5.74, 6) is -4.23. The number of rotatable bonds is 20. The molecule has 2 aromatic rings. The Morgan fingerprint density at radius 3 is 1.90 bits per heavy atom. The van der Waals surface area contributed by atoms with Gasteiger partial charge in [-0.25, -0.2) is 0 Å². The van der Waals surface area contributed by atoms with E-state index in [4.69, 9.17) is 12.2 Å². The fourth-order valence-corrected chi connectivity index (χ4v) is 6.06. The average molecular weight is 722 g/mol. The van der Waals surface area contributed by atoms with E-state index in [-0.39, 0.29) is 50.7 Å². The number of epoxide rings is 1. The highest BCUT2D eigenvalue weighted by atomic mass is 16.6. The standard InChI is InChI=1S/C40H57N5O7/c1-27(2)22-32(36(47)40(5)26-52-40)42-39(50)34(24-30-14-10-7-11-15-30)44-38(49)33(23-28(3)4)43-37(48)31(17-16-29-12-8-6-9-13-29)41-35(46)25-45-18-20-51-21-19-45/h6-15,27-28,31-34H,16-26H2,1-5H3,(H,41,46)(H,42,50)(H,43,48)(H,44,49)/t31-,32+,33-,34-,40+/m0/s1/i27D,32D. The number of ether oxygens (including phenoxy) is 2. The zero-order chi connectivity index (χ0) is 39.5. The van der Waals surface area contributed by atoms with Gasteiger partial charge in [0.25, 0.3) is 0 Å². The smallest absolute Gasteiger partial charge is 0.243 e. The third-order valence-electron chi connectivity index (χ3n) is 9.08. The maximum Gasteiger partial charge on any atom is 0.243 e. The summed E-state index contributed by atoms with van der Waals surface area (Å²) in [5, 5.41) is 11.1. The molecule has 12 heteroatoms. The molecule has 0 spiro atoms. The molecule has 52 heavy (non-hydrogen) atoms. The predicted molar refractivity (Wildman–Crippen MR) is 198 cm³/mol. The van der Waals surface area contributed by atoms with Gasteiger partial charge >= 0.3 is 0 Å². The van der Waals surface area contributed by atoms with E-state index in [9.17, 15) is 24.0 Å². The van der Waals surface area contributed by atoms with Crippen LogP contribution in [-0.4, -0.2) is 104 Å². The van der Waals surface area contributed by atoms with Gasteiger partial charge in [-0.05, 0) is 55.5 Å². The molecule has 0 radical (unpaired) electrons. The van der Waals surface area contributed by atoms with E-state index in [1.807, 2.05) is 55.1 Å². The molecule has 12 nitrogen and oxygen atoms in total. The summed E-state index contributed by atoms with van der Waals surface area (Å²) >= 11 is 0. The van der Waals surface area contributed by atoms with E-state index in [1.165, 1.54) is 0 Å². The zero-order valence-corrected chi connectivity index (χ0v) is 31.2. The van der Waals surface area contributed by atoms with E-state index in [0.717, 1.165) is 5.56 Å². The molecule has 2 heterocycles. The molecule has 0 saturated carbocycles. The van der Waals surface area contributed by atoms with Gasteiger partial charge in [0.1, 0.15) is 23.7 Å². The largest absolute Gasteiger partial charge is 0.379 e. The molecule has 4 rings (SSSR count). The van der Waals surface area contributed by atoms with Crippen molar-refractivity contribution in [2.45, 2.75) is 96.5 Å². The Kier molecular flexibility index (Phi) is 14.2. The van der Waals surface area contributed by atoms with Gasteiger partial charge in [0.05, 0.1) is 33.8 Å². The SMILES string of the molecule is [2H]C(C)(C)C[C@@]([2H])(NC(=O)[C@H](Cc1ccccc1)NC(=O)[C@H](CC(C)C)NC(=O)[C@H](CCc1ccccc1)NC(=O)CN1CCOCC1)C(=O)[C@@]1(C)CO1. The number of carbonyl (C=O) groups excluding carboxylic acids is 5. The maximum atomic E-state index is 14.1. The van der Waals surface area contributed by atoms with Crippen LogP contribution in [-0.2, 0) is 46.3 Å². The van der Waals surface area contributed by atoms with Gasteiger partial charge in [-0.3, -0.25) is 28.9 Å². The molecule has 0 aromatic heterocycles. The summed E-state index contributed by atoms with van der Waals surface area (Å²) in [6.07, 6.45) is 0.732. The van der Waals surface area contributed by atoms with Crippen LogP contribution in [0.2, 0.25) is 0 Å². The second-order valence-corrected chi connectivity index (χ2v) is 14.7. The number of nitrogens with one attached hydrogen (secondary N) is 4. The summed E-state index contributed by atoms with van der Waals surface area (Å²) in [7, 11) is 0. The van der Waals surface area contributed by atoms with Crippen LogP contribution in [0.15, 0.2) is 60.7 Å². The lowest BCUT2D eigenvalue weighted by atomic mass is 9.93. The second kappa shape index (κ2) is 19.6. The number of carbonyl (C=O) groups is 5. The van der Waals surface area contributed by atoms with Crippen molar-refractivity contribution in [2.75, 3.05) is 39.5 Å². The van der Waals surface area contributed by atoms with Crippen molar-refractivity contribution in [2.24, 2.45) is 11.8 Å². The first-order chi connectivity index (χ1) is 25.5. The molecule has 0 bridgehead atoms. The molecule has 2 saturated heterocycles. The summed E-state index contributed by atoms with van der Waals surface area (Å²) in [6, 6.07) is 13.1. The third kappa shape index (κ3) is 13.1. The van der Waals surface area contributed by atoms with Crippen LogP contribution in [0.1, 0.15) is 67.7 Å². The van der Waals surface area contributed by atoms with Gasteiger partial charge < -0.3 is 30.7 Å². The minimum atomic E-state index is -2.20. The number of ketones is 1. The molecular weight excluding hydrogens is 662 g/mol. The van der Waals surface area contributed by atoms with E-state index >= 15 is 0 Å². The molecule has 2 aliphatic rings. The number of nitrogens with zero attached hydrogens (tertiary/aromatic N) is 1. The highest BCUT2D eigenvalue weighted by molar-refractivity contribution is 5.98. The van der Waals surface area contributed by atoms with Crippen LogP contribution in [0.5, 0.6) is 0 Å². The predicted octanol–water partition coefficient (Wildman–Crippen LogP) is 2.58. The van der Waals surface area contributed by atoms with Gasteiger partial charge in [-0.15, -0.1) is 0 Å². The van der Waals surface area contributed by atoms with E-state index in [0.29, 0.717) is 38.3 Å². The molecule has 4 N–H and O–H groups in total. The first-order valence-electron chi connectivity index (χ1n) is 19.3. The van der Waals surface area contributed by atoms with Crippen LogP contribution in [0.25, 0.3) is 0 Å². The minimum absolute atomic E-state index is 0.0281. The molecule has 4 amide bonds. The van der Waals surface area contributed by atoms with E-state index in [2.05, 4.69) is 21.3 Å². The topological polar surface area (TPSA) is 158 Å². The van der Waals surface area contributed by atoms with Crippen LogP contribution in [0.3, 0.4) is 0 Å². The van der Waals surface area contributed by atoms with Gasteiger partial charge in [-0.2, -0.15) is 0 Å². The van der Waals surface area contributed by atoms with Crippen molar-refractivity contribution in [3.63, 3.8) is 0 Å². The van der Waals surface area contributed by atoms with Crippen molar-refractivity contribution in [3.8, 4) is 0 Å². The van der Waals surface area contributed by atoms with Gasteiger partial charge in [-0.1, -0.05) is 88.4 Å². The number of Topliss-reactive ketones (excluding diaryl/α,β-unsaturated/α-hetero) is 1. The molecule has 0 aliphatic carbocycles. The Morgan fingerprint density at radius 2 is 1.33 bits per heavy atom. The summed E-state index contributed by atoms with van der Waals surface area (Å²) in [6.45, 7) is 10.9. The number of benzene rings is 2. The number of amides is 4. The van der Waals surface area contributed by atoms with Gasteiger partial charge in [0, 0.05) is 20.9 Å². The van der Waals surface area contributed by atoms with Crippen LogP contribution >= 0.6 is 0 Å². The number of aryl methyl sites for hydroxylation is 1. The monoisotopic (exact) mass is 721 g/mol. The first-order valence-corrected chi connectivity index (χ1v) is 18.3. The molecular formula is C40H57N5O7. The second-order valence-electron chi connectivity index (χ2n) is 14.7. The molecule has 2 aromatic carbocycles. The normalized spacial score (nSPS) is 21.0. The Bertz CT molecular complexity index is 1580. The van der Waals surface area contributed by atoms with Crippen molar-refractivity contribution < 1.29 is 36.2 Å². The zero-order valence-electron chi connectivity index (χ0n) is 33.2. The van der Waals surface area contributed by atoms with E-state index < -0.39 is 59.1 Å². The van der Waals surface area contributed by atoms with Crippen LogP contribution in [0, 0.1) is 11.8 Å². The van der Waals surface area contributed by atoms with Crippen LogP contribution < -0.4 is 21.3 Å². The molecule has 5 atom stereocenters. The number of hydrogen-bond donors (Lipinski definition) is 4. The van der Waals surface area contributed by atoms with Crippen molar-refractivity contribution >= 4 is 29.4 Å². The number of hydrogen-bond acceptors (Lipinski definition) is 8. The first kappa shape index (κ1) is 37.6. The fourth-order valence-electron chi connectivity index (χ4n) is 6.06. The summed E-state index contributed by atoms with van der Waals surface area (Å²) < 4.78 is 28.3. The molecule has 2 aliphatic heterocycles. The van der Waals surface area contributed by atoms with Crippen molar-refractivity contribution in [1.29, 1.82) is 0 Å². The average Bonchev–Trinajstić information content (AvgIpc) is 3.87. The van der Waals surface area contributed by atoms with Gasteiger partial charge in [0.15, 0.2) is 5.78 Å². The lowest BCUT2D eigenvalue weighted by Crippen LogP contribution is -2.59. The van der Waals surface area contributed by atoms with Crippen molar-refractivity contribution in [1.82, 2.24) is 26.2 Å². The minimum Gasteiger partial charge on any atom is -0.379 e. The summed E-state index contributed by atoms with van der Waals surface area (Å²) in [4.78, 5) is 70.9.